The van der Waals surface area contributed by atoms with E-state index in [1.165, 1.54) is 5.56 Å². The third kappa shape index (κ3) is 7.58. The quantitative estimate of drug-likeness (QED) is 0.154. The van der Waals surface area contributed by atoms with Crippen molar-refractivity contribution in [3.63, 3.8) is 0 Å². The summed E-state index contributed by atoms with van der Waals surface area (Å²) in [6.45, 7) is 7.48. The molecule has 1 aliphatic heterocycles. The van der Waals surface area contributed by atoms with Crippen molar-refractivity contribution in [2.45, 2.75) is 19.5 Å². The number of anilines is 1. The van der Waals surface area contributed by atoms with Gasteiger partial charge in [0, 0.05) is 44.7 Å². The summed E-state index contributed by atoms with van der Waals surface area (Å²) in [4.78, 5) is 28.7. The summed E-state index contributed by atoms with van der Waals surface area (Å²) < 4.78 is 5.42. The second-order valence-electron chi connectivity index (χ2n) is 9.38. The molecule has 1 N–H and O–H groups in total. The second kappa shape index (κ2) is 13.3. The van der Waals surface area contributed by atoms with Crippen molar-refractivity contribution >= 4 is 45.3 Å². The lowest BCUT2D eigenvalue weighted by Crippen LogP contribution is -2.45. The molecule has 9 heteroatoms. The molecule has 1 fully saturated rings. The lowest BCUT2D eigenvalue weighted by molar-refractivity contribution is 0.0590. The van der Waals surface area contributed by atoms with E-state index in [-0.39, 0.29) is 5.97 Å². The third-order valence-corrected chi connectivity index (χ3v) is 6.65. The van der Waals surface area contributed by atoms with Crippen molar-refractivity contribution in [1.82, 2.24) is 24.7 Å². The molecule has 8 nitrogen and oxygen atoms in total. The van der Waals surface area contributed by atoms with Gasteiger partial charge < -0.3 is 15.0 Å². The van der Waals surface area contributed by atoms with Crippen molar-refractivity contribution in [2.24, 2.45) is 0 Å². The van der Waals surface area contributed by atoms with Crippen molar-refractivity contribution in [3.05, 3.63) is 65.5 Å². The van der Waals surface area contributed by atoms with Crippen molar-refractivity contribution in [1.29, 1.82) is 0 Å². The first-order valence-corrected chi connectivity index (χ1v) is 14.0. The summed E-state index contributed by atoms with van der Waals surface area (Å²) >= 11 is 2.03. The SMILES string of the molecule is CN(C)CCCNc1nc(CN2CCN(Cc3ccc(C(=O)OCI)cc3)CC2)nc2ccccc12. The number of alkyl halides is 1. The number of hydrogen-bond donors (Lipinski definition) is 1. The highest BCUT2D eigenvalue weighted by molar-refractivity contribution is 14.1. The lowest BCUT2D eigenvalue weighted by Gasteiger charge is -2.34. The predicted molar refractivity (Wildman–Crippen MR) is 152 cm³/mol. The Morgan fingerprint density at radius 2 is 1.69 bits per heavy atom. The number of aromatic nitrogens is 2. The number of nitrogens with one attached hydrogen (secondary N) is 1. The summed E-state index contributed by atoms with van der Waals surface area (Å²) in [5.41, 5.74) is 2.79. The molecule has 2 aromatic carbocycles. The number of carbonyl (C=O) groups is 1. The van der Waals surface area contributed by atoms with E-state index in [4.69, 9.17) is 14.7 Å². The molecule has 0 saturated carbocycles. The molecule has 36 heavy (non-hydrogen) atoms. The minimum atomic E-state index is -0.271. The molecule has 0 amide bonds. The predicted octanol–water partition coefficient (Wildman–Crippen LogP) is 3.86. The van der Waals surface area contributed by atoms with Crippen LogP contribution in [-0.2, 0) is 17.8 Å². The number of ether oxygens (including phenoxy) is 1. The number of rotatable bonds is 11. The van der Waals surface area contributed by atoms with Crippen LogP contribution in [0.5, 0.6) is 0 Å². The minimum absolute atomic E-state index is 0.271. The average molecular weight is 603 g/mol. The van der Waals surface area contributed by atoms with Gasteiger partial charge in [-0.15, -0.1) is 0 Å². The molecule has 1 saturated heterocycles. The number of benzene rings is 2. The number of para-hydroxylation sites is 1. The molecule has 0 bridgehead atoms. The number of nitrogens with zero attached hydrogens (tertiary/aromatic N) is 5. The fourth-order valence-corrected chi connectivity index (χ4v) is 4.66. The summed E-state index contributed by atoms with van der Waals surface area (Å²) in [5, 5.41) is 4.61. The van der Waals surface area contributed by atoms with Crippen LogP contribution in [0.4, 0.5) is 5.82 Å². The van der Waals surface area contributed by atoms with Gasteiger partial charge in [-0.25, -0.2) is 14.8 Å². The van der Waals surface area contributed by atoms with E-state index in [9.17, 15) is 4.79 Å². The van der Waals surface area contributed by atoms with Gasteiger partial charge in [-0.2, -0.15) is 0 Å². The van der Waals surface area contributed by atoms with E-state index in [1.54, 1.807) is 0 Å². The van der Waals surface area contributed by atoms with E-state index < -0.39 is 0 Å². The van der Waals surface area contributed by atoms with Crippen LogP contribution in [0.3, 0.4) is 0 Å². The Labute approximate surface area is 227 Å². The minimum Gasteiger partial charge on any atom is -0.451 e. The van der Waals surface area contributed by atoms with Crippen LogP contribution in [0.1, 0.15) is 28.2 Å². The van der Waals surface area contributed by atoms with Gasteiger partial charge >= 0.3 is 5.97 Å². The van der Waals surface area contributed by atoms with Crippen LogP contribution in [0, 0.1) is 0 Å². The molecule has 0 atom stereocenters. The zero-order chi connectivity index (χ0) is 25.3. The number of halogens is 1. The highest BCUT2D eigenvalue weighted by Crippen LogP contribution is 2.21. The maximum Gasteiger partial charge on any atom is 0.338 e. The molecule has 4 rings (SSSR count). The van der Waals surface area contributed by atoms with Crippen LogP contribution < -0.4 is 5.32 Å². The van der Waals surface area contributed by atoms with E-state index >= 15 is 0 Å². The normalized spacial score (nSPS) is 14.9. The molecule has 3 aromatic rings. The first kappa shape index (κ1) is 26.7. The van der Waals surface area contributed by atoms with E-state index in [0.29, 0.717) is 10.2 Å². The Bertz CT molecular complexity index is 1130. The summed E-state index contributed by atoms with van der Waals surface area (Å²) in [6.07, 6.45) is 1.06. The molecule has 0 aliphatic carbocycles. The first-order valence-electron chi connectivity index (χ1n) is 12.4. The molecule has 0 radical (unpaired) electrons. The Balaban J connectivity index is 1.31. The topological polar surface area (TPSA) is 73.8 Å². The maximum atomic E-state index is 11.9. The zero-order valence-electron chi connectivity index (χ0n) is 21.1. The van der Waals surface area contributed by atoms with Crippen LogP contribution in [-0.4, -0.2) is 88.6 Å². The van der Waals surface area contributed by atoms with Crippen molar-refractivity contribution < 1.29 is 9.53 Å². The summed E-state index contributed by atoms with van der Waals surface area (Å²) in [7, 11) is 4.19. The third-order valence-electron chi connectivity index (χ3n) is 6.34. The summed E-state index contributed by atoms with van der Waals surface area (Å²) in [5.74, 6) is 1.53. The monoisotopic (exact) mass is 602 g/mol. The average Bonchev–Trinajstić information content (AvgIpc) is 2.88. The lowest BCUT2D eigenvalue weighted by atomic mass is 10.1. The number of carbonyl (C=O) groups excluding carboxylic acids is 1. The fraction of sp³-hybridized carbons (Fsp3) is 0.444. The van der Waals surface area contributed by atoms with Crippen LogP contribution >= 0.6 is 22.6 Å². The molecular formula is C27H35IN6O2. The highest BCUT2D eigenvalue weighted by atomic mass is 127. The Morgan fingerprint density at radius 3 is 2.39 bits per heavy atom. The Morgan fingerprint density at radius 1 is 1.00 bits per heavy atom. The van der Waals surface area contributed by atoms with Gasteiger partial charge in [0.05, 0.1) is 17.6 Å². The molecule has 192 valence electrons. The van der Waals surface area contributed by atoms with Gasteiger partial charge in [0.25, 0.3) is 0 Å². The number of piperazine rings is 1. The van der Waals surface area contributed by atoms with Gasteiger partial charge in [0.2, 0.25) is 0 Å². The van der Waals surface area contributed by atoms with Gasteiger partial charge in [-0.3, -0.25) is 9.80 Å². The molecule has 2 heterocycles. The van der Waals surface area contributed by atoms with Crippen LogP contribution in [0.15, 0.2) is 48.5 Å². The van der Waals surface area contributed by atoms with Gasteiger partial charge in [-0.1, -0.05) is 24.3 Å². The number of esters is 1. The smallest absolute Gasteiger partial charge is 0.338 e. The number of hydrogen-bond acceptors (Lipinski definition) is 8. The molecule has 1 aromatic heterocycles. The standard InChI is InChI=1S/C27H35IN6O2/c1-32(2)13-5-12-29-26-23-6-3-4-7-24(23)30-25(31-26)19-34-16-14-33(15-17-34)18-21-8-10-22(11-9-21)27(35)36-20-28/h3-4,6-11H,5,12-20H2,1-2H3,(H,29,30,31). The van der Waals surface area contributed by atoms with Crippen molar-refractivity contribution in [2.75, 3.05) is 63.3 Å². The van der Waals surface area contributed by atoms with E-state index in [0.717, 1.165) is 81.3 Å². The molecule has 1 aliphatic rings. The highest BCUT2D eigenvalue weighted by Gasteiger charge is 2.19. The Kier molecular flexibility index (Phi) is 9.85. The van der Waals surface area contributed by atoms with E-state index in [2.05, 4.69) is 46.2 Å². The van der Waals surface area contributed by atoms with Crippen molar-refractivity contribution in [3.8, 4) is 0 Å². The van der Waals surface area contributed by atoms with Crippen LogP contribution in [0.2, 0.25) is 0 Å². The zero-order valence-corrected chi connectivity index (χ0v) is 23.3. The fourth-order valence-electron chi connectivity index (χ4n) is 4.38. The number of fused-ring (bicyclic) bond motifs is 1. The van der Waals surface area contributed by atoms with Gasteiger partial charge in [-0.05, 0) is 79.5 Å². The van der Waals surface area contributed by atoms with Crippen LogP contribution in [0.25, 0.3) is 10.9 Å². The van der Waals surface area contributed by atoms with Gasteiger partial charge in [0.15, 0.2) is 0 Å². The first-order chi connectivity index (χ1) is 17.5. The molecular weight excluding hydrogens is 567 g/mol. The van der Waals surface area contributed by atoms with E-state index in [1.807, 2.05) is 59.0 Å². The Hall–Kier alpha value is -2.34. The molecule has 0 unspecified atom stereocenters. The maximum absolute atomic E-state index is 11.9. The largest absolute Gasteiger partial charge is 0.451 e. The second-order valence-corrected chi connectivity index (χ2v) is 10.0. The van der Waals surface area contributed by atoms with Gasteiger partial charge in [0.1, 0.15) is 16.3 Å². The molecule has 0 spiro atoms. The summed E-state index contributed by atoms with van der Waals surface area (Å²) in [6, 6.07) is 16.0.